The molecular weight excluding hydrogens is 290 g/mol. The zero-order valence-corrected chi connectivity index (χ0v) is 11.0. The summed E-state index contributed by atoms with van der Waals surface area (Å²) < 4.78 is 6.13. The number of halogens is 1. The molecule has 0 spiro atoms. The zero-order valence-electron chi connectivity index (χ0n) is 8.64. The van der Waals surface area contributed by atoms with E-state index in [4.69, 9.17) is 4.42 Å². The summed E-state index contributed by atoms with van der Waals surface area (Å²) in [5.74, 6) is 0.268. The Morgan fingerprint density at radius 2 is 2.44 bits per heavy atom. The maximum absolute atomic E-state index is 11.8. The topological polar surface area (TPSA) is 33.5 Å². The van der Waals surface area contributed by atoms with Crippen molar-refractivity contribution in [1.29, 1.82) is 0 Å². The van der Waals surface area contributed by atoms with Crippen LogP contribution in [0.5, 0.6) is 0 Å². The number of hydrogen-bond donors (Lipinski definition) is 0. The number of carbonyl (C=O) groups is 1. The van der Waals surface area contributed by atoms with Crippen LogP contribution in [0.25, 0.3) is 0 Å². The van der Waals surface area contributed by atoms with E-state index in [1.807, 2.05) is 11.4 Å². The van der Waals surface area contributed by atoms with E-state index in [1.165, 1.54) is 6.26 Å². The fourth-order valence-electron chi connectivity index (χ4n) is 1.36. The maximum Gasteiger partial charge on any atom is 0.289 e. The lowest BCUT2D eigenvalue weighted by molar-refractivity contribution is 0.0753. The highest BCUT2D eigenvalue weighted by Crippen LogP contribution is 2.21. The summed E-state index contributed by atoms with van der Waals surface area (Å²) in [5.41, 5.74) is 1.11. The molecule has 0 aliphatic carbocycles. The third-order valence-electron chi connectivity index (χ3n) is 2.12. The lowest BCUT2D eigenvalue weighted by atomic mass is 10.3. The molecule has 5 heteroatoms. The normalized spacial score (nSPS) is 10.4. The average Bonchev–Trinajstić information content (AvgIpc) is 2.88. The Morgan fingerprint density at radius 3 is 3.00 bits per heavy atom. The van der Waals surface area contributed by atoms with E-state index >= 15 is 0 Å². The first kappa shape index (κ1) is 11.4. The molecule has 0 unspecified atom stereocenters. The molecule has 3 nitrogen and oxygen atoms in total. The third-order valence-corrected chi connectivity index (χ3v) is 3.67. The van der Waals surface area contributed by atoms with Crippen molar-refractivity contribution in [3.05, 3.63) is 45.0 Å². The third kappa shape index (κ3) is 2.54. The van der Waals surface area contributed by atoms with Crippen molar-refractivity contribution in [3.63, 3.8) is 0 Å². The Labute approximate surface area is 106 Å². The predicted octanol–water partition coefficient (Wildman–Crippen LogP) is 3.38. The van der Waals surface area contributed by atoms with Crippen LogP contribution in [0, 0.1) is 0 Å². The largest absolute Gasteiger partial charge is 0.459 e. The number of hydrogen-bond acceptors (Lipinski definition) is 3. The Morgan fingerprint density at radius 1 is 1.62 bits per heavy atom. The molecule has 0 N–H and O–H groups in total. The van der Waals surface area contributed by atoms with Gasteiger partial charge in [-0.15, -0.1) is 11.3 Å². The summed E-state index contributed by atoms with van der Waals surface area (Å²) in [6, 6.07) is 5.39. The van der Waals surface area contributed by atoms with E-state index < -0.39 is 0 Å². The van der Waals surface area contributed by atoms with E-state index in [2.05, 4.69) is 15.9 Å². The second kappa shape index (κ2) is 4.84. The summed E-state index contributed by atoms with van der Waals surface area (Å²) in [7, 11) is 1.76. The van der Waals surface area contributed by atoms with Crippen LogP contribution in [0.15, 0.2) is 38.0 Å². The van der Waals surface area contributed by atoms with E-state index in [0.717, 1.165) is 9.35 Å². The molecule has 2 heterocycles. The van der Waals surface area contributed by atoms with Gasteiger partial charge in [0.1, 0.15) is 0 Å². The van der Waals surface area contributed by atoms with Gasteiger partial charge >= 0.3 is 0 Å². The lowest BCUT2D eigenvalue weighted by Crippen LogP contribution is -2.25. The highest BCUT2D eigenvalue weighted by Gasteiger charge is 2.14. The molecule has 0 aliphatic heterocycles. The van der Waals surface area contributed by atoms with Gasteiger partial charge in [0.15, 0.2) is 5.76 Å². The van der Waals surface area contributed by atoms with Crippen molar-refractivity contribution in [2.24, 2.45) is 0 Å². The molecule has 0 fully saturated rings. The lowest BCUT2D eigenvalue weighted by Gasteiger charge is -2.14. The number of carbonyl (C=O) groups excluding carboxylic acids is 1. The smallest absolute Gasteiger partial charge is 0.289 e. The van der Waals surface area contributed by atoms with Crippen LogP contribution in [0.4, 0.5) is 0 Å². The SMILES string of the molecule is CN(Cc1csc(Br)c1)C(=O)c1ccco1. The van der Waals surface area contributed by atoms with Crippen LogP contribution in [0.1, 0.15) is 16.1 Å². The van der Waals surface area contributed by atoms with Gasteiger partial charge in [0, 0.05) is 13.6 Å². The molecule has 0 saturated heterocycles. The van der Waals surface area contributed by atoms with Crippen LogP contribution in [-0.4, -0.2) is 17.9 Å². The Balaban J connectivity index is 2.03. The number of nitrogens with zero attached hydrogens (tertiary/aromatic N) is 1. The van der Waals surface area contributed by atoms with Gasteiger partial charge in [-0.3, -0.25) is 4.79 Å². The predicted molar refractivity (Wildman–Crippen MR) is 66.5 cm³/mol. The van der Waals surface area contributed by atoms with Crippen LogP contribution in [0.3, 0.4) is 0 Å². The molecule has 0 bridgehead atoms. The molecule has 2 rings (SSSR count). The molecule has 1 amide bonds. The molecule has 0 saturated carbocycles. The number of thiophene rings is 1. The molecule has 0 aromatic carbocycles. The second-order valence-electron chi connectivity index (χ2n) is 3.40. The minimum Gasteiger partial charge on any atom is -0.459 e. The minimum atomic E-state index is -0.104. The Bertz CT molecular complexity index is 478. The van der Waals surface area contributed by atoms with Gasteiger partial charge in [-0.1, -0.05) is 0 Å². The van der Waals surface area contributed by atoms with Crippen molar-refractivity contribution in [2.75, 3.05) is 7.05 Å². The van der Waals surface area contributed by atoms with E-state index in [0.29, 0.717) is 12.3 Å². The summed E-state index contributed by atoms with van der Waals surface area (Å²) in [6.45, 7) is 0.585. The van der Waals surface area contributed by atoms with Crippen molar-refractivity contribution in [1.82, 2.24) is 4.90 Å². The molecule has 2 aromatic heterocycles. The number of amides is 1. The van der Waals surface area contributed by atoms with Crippen LogP contribution in [0.2, 0.25) is 0 Å². The highest BCUT2D eigenvalue weighted by molar-refractivity contribution is 9.11. The second-order valence-corrected chi connectivity index (χ2v) is 5.69. The van der Waals surface area contributed by atoms with Gasteiger partial charge in [0.25, 0.3) is 5.91 Å². The van der Waals surface area contributed by atoms with Crippen molar-refractivity contribution in [3.8, 4) is 0 Å². The maximum atomic E-state index is 11.8. The summed E-state index contributed by atoms with van der Waals surface area (Å²) >= 11 is 5.01. The summed E-state index contributed by atoms with van der Waals surface area (Å²) in [5, 5.41) is 2.02. The van der Waals surface area contributed by atoms with Crippen LogP contribution < -0.4 is 0 Å². The fraction of sp³-hybridized carbons (Fsp3) is 0.182. The summed E-state index contributed by atoms with van der Waals surface area (Å²) in [4.78, 5) is 13.5. The monoisotopic (exact) mass is 299 g/mol. The van der Waals surface area contributed by atoms with Gasteiger partial charge in [-0.2, -0.15) is 0 Å². The molecule has 0 radical (unpaired) electrons. The summed E-state index contributed by atoms with van der Waals surface area (Å²) in [6.07, 6.45) is 1.50. The molecule has 0 aliphatic rings. The van der Waals surface area contributed by atoms with Gasteiger partial charge < -0.3 is 9.32 Å². The Hall–Kier alpha value is -1.07. The van der Waals surface area contributed by atoms with Crippen LogP contribution >= 0.6 is 27.3 Å². The van der Waals surface area contributed by atoms with E-state index in [9.17, 15) is 4.79 Å². The molecule has 2 aromatic rings. The van der Waals surface area contributed by atoms with Gasteiger partial charge in [0.05, 0.1) is 10.0 Å². The zero-order chi connectivity index (χ0) is 11.5. The highest BCUT2D eigenvalue weighted by atomic mass is 79.9. The molecular formula is C11H10BrNO2S. The van der Waals surface area contributed by atoms with Crippen LogP contribution in [-0.2, 0) is 6.54 Å². The Kier molecular flexibility index (Phi) is 3.46. The van der Waals surface area contributed by atoms with Crippen molar-refractivity contribution in [2.45, 2.75) is 6.54 Å². The van der Waals surface area contributed by atoms with Crippen molar-refractivity contribution < 1.29 is 9.21 Å². The number of rotatable bonds is 3. The van der Waals surface area contributed by atoms with Gasteiger partial charge in [-0.25, -0.2) is 0 Å². The fourth-order valence-corrected chi connectivity index (χ4v) is 2.56. The standard InChI is InChI=1S/C11H10BrNO2S/c1-13(6-8-5-10(12)16-7-8)11(14)9-3-2-4-15-9/h2-5,7H,6H2,1H3. The molecule has 84 valence electrons. The van der Waals surface area contributed by atoms with Crippen molar-refractivity contribution >= 4 is 33.2 Å². The minimum absolute atomic E-state index is 0.104. The molecule has 16 heavy (non-hydrogen) atoms. The quantitative estimate of drug-likeness (QED) is 0.870. The first-order valence-corrected chi connectivity index (χ1v) is 6.36. The average molecular weight is 300 g/mol. The first-order valence-electron chi connectivity index (χ1n) is 4.68. The van der Waals surface area contributed by atoms with Gasteiger partial charge in [-0.05, 0) is 45.1 Å². The number of furan rings is 1. The van der Waals surface area contributed by atoms with Gasteiger partial charge in [0.2, 0.25) is 0 Å². The van der Waals surface area contributed by atoms with E-state index in [-0.39, 0.29) is 5.91 Å². The molecule has 0 atom stereocenters. The van der Waals surface area contributed by atoms with E-state index in [1.54, 1.807) is 35.4 Å². The first-order chi connectivity index (χ1) is 7.66.